The third kappa shape index (κ3) is 3.55. The summed E-state index contributed by atoms with van der Waals surface area (Å²) in [4.78, 5) is 11.7. The normalized spacial score (nSPS) is 11.1. The number of hydrogen-bond donors (Lipinski definition) is 0. The highest BCUT2D eigenvalue weighted by Gasteiger charge is 2.31. The van der Waals surface area contributed by atoms with Crippen molar-refractivity contribution in [1.29, 1.82) is 0 Å². The molecule has 0 aromatic heterocycles. The van der Waals surface area contributed by atoms with Crippen molar-refractivity contribution in [2.24, 2.45) is 0 Å². The first kappa shape index (κ1) is 15.8. The fraction of sp³-hybridized carbons (Fsp3) is 0.133. The number of ether oxygens (including phenoxy) is 2. The number of benzene rings is 2. The second-order valence-electron chi connectivity index (χ2n) is 4.23. The van der Waals surface area contributed by atoms with E-state index in [4.69, 9.17) is 0 Å². The van der Waals surface area contributed by atoms with Crippen LogP contribution in [-0.4, -0.2) is 19.4 Å². The fourth-order valence-corrected chi connectivity index (χ4v) is 1.93. The van der Waals surface area contributed by atoms with Gasteiger partial charge in [0.15, 0.2) is 0 Å². The lowest BCUT2D eigenvalue weighted by Crippen LogP contribution is -2.17. The first-order valence-corrected chi connectivity index (χ1v) is 6.05. The topological polar surface area (TPSA) is 35.5 Å². The highest BCUT2D eigenvalue weighted by atomic mass is 19.4. The Bertz CT molecular complexity index is 695. The van der Waals surface area contributed by atoms with Crippen molar-refractivity contribution in [2.75, 3.05) is 7.11 Å². The molecule has 0 saturated heterocycles. The molecule has 0 fully saturated rings. The van der Waals surface area contributed by atoms with Crippen molar-refractivity contribution in [2.45, 2.75) is 6.36 Å². The third-order valence-electron chi connectivity index (χ3n) is 2.78. The van der Waals surface area contributed by atoms with Gasteiger partial charge in [-0.15, -0.1) is 13.2 Å². The molecule has 2 aromatic carbocycles. The molecule has 7 heteroatoms. The van der Waals surface area contributed by atoms with E-state index in [9.17, 15) is 22.4 Å². The monoisotopic (exact) mass is 314 g/mol. The van der Waals surface area contributed by atoms with Crippen LogP contribution in [0.3, 0.4) is 0 Å². The van der Waals surface area contributed by atoms with Crippen LogP contribution in [0.4, 0.5) is 17.6 Å². The van der Waals surface area contributed by atoms with Gasteiger partial charge in [0.1, 0.15) is 17.1 Å². The summed E-state index contributed by atoms with van der Waals surface area (Å²) < 4.78 is 58.9. The van der Waals surface area contributed by atoms with Gasteiger partial charge in [-0.1, -0.05) is 24.3 Å². The van der Waals surface area contributed by atoms with E-state index in [0.717, 1.165) is 25.3 Å². The van der Waals surface area contributed by atoms with E-state index in [1.54, 1.807) is 0 Å². The van der Waals surface area contributed by atoms with Crippen molar-refractivity contribution in [3.8, 4) is 16.9 Å². The number of halogens is 4. The number of rotatable bonds is 3. The Morgan fingerprint density at radius 1 is 1.09 bits per heavy atom. The molecule has 0 heterocycles. The Labute approximate surface area is 123 Å². The average molecular weight is 314 g/mol. The summed E-state index contributed by atoms with van der Waals surface area (Å²) in [7, 11) is 1.09. The number of esters is 1. The Morgan fingerprint density at radius 2 is 1.77 bits per heavy atom. The molecule has 2 rings (SSSR count). The second-order valence-corrected chi connectivity index (χ2v) is 4.23. The fourth-order valence-electron chi connectivity index (χ4n) is 1.93. The first-order valence-electron chi connectivity index (χ1n) is 6.05. The molecule has 0 N–H and O–H groups in total. The van der Waals surface area contributed by atoms with Gasteiger partial charge in [-0.25, -0.2) is 9.18 Å². The maximum atomic E-state index is 13.8. The largest absolute Gasteiger partial charge is 0.573 e. The minimum absolute atomic E-state index is 0.111. The average Bonchev–Trinajstić information content (AvgIpc) is 2.44. The molecule has 22 heavy (non-hydrogen) atoms. The van der Waals surface area contributed by atoms with E-state index in [1.165, 1.54) is 24.3 Å². The van der Waals surface area contributed by atoms with E-state index < -0.39 is 23.9 Å². The number of carbonyl (C=O) groups excluding carboxylic acids is 1. The smallest absolute Gasteiger partial charge is 0.465 e. The summed E-state index contributed by atoms with van der Waals surface area (Å²) in [5, 5.41) is 0. The van der Waals surface area contributed by atoms with Gasteiger partial charge in [0, 0.05) is 0 Å². The van der Waals surface area contributed by atoms with Crippen LogP contribution in [0, 0.1) is 5.82 Å². The molecule has 0 bridgehead atoms. The van der Waals surface area contributed by atoms with E-state index >= 15 is 0 Å². The zero-order chi connectivity index (χ0) is 16.3. The molecule has 0 atom stereocenters. The van der Waals surface area contributed by atoms with Crippen molar-refractivity contribution >= 4 is 5.97 Å². The number of methoxy groups -OCH3 is 1. The number of hydrogen-bond acceptors (Lipinski definition) is 3. The quantitative estimate of drug-likeness (QED) is 0.630. The van der Waals surface area contributed by atoms with Gasteiger partial charge < -0.3 is 9.47 Å². The summed E-state index contributed by atoms with van der Waals surface area (Å²) in [5.74, 6) is -2.22. The van der Waals surface area contributed by atoms with Gasteiger partial charge >= 0.3 is 12.3 Å². The molecule has 0 aliphatic carbocycles. The Kier molecular flexibility index (Phi) is 4.35. The van der Waals surface area contributed by atoms with Gasteiger partial charge in [0.25, 0.3) is 0 Å². The Hall–Kier alpha value is -2.57. The lowest BCUT2D eigenvalue weighted by Gasteiger charge is -2.12. The predicted molar refractivity (Wildman–Crippen MR) is 69.9 cm³/mol. The van der Waals surface area contributed by atoms with Crippen molar-refractivity contribution in [3.05, 3.63) is 53.8 Å². The van der Waals surface area contributed by atoms with Crippen LogP contribution >= 0.6 is 0 Å². The van der Waals surface area contributed by atoms with Gasteiger partial charge in [0.05, 0.1) is 7.11 Å². The van der Waals surface area contributed by atoms with Gasteiger partial charge in [-0.2, -0.15) is 0 Å². The molecule has 0 aliphatic rings. The molecule has 0 radical (unpaired) electrons. The molecular weight excluding hydrogens is 304 g/mol. The molecule has 0 amide bonds. The lowest BCUT2D eigenvalue weighted by molar-refractivity contribution is -0.274. The zero-order valence-corrected chi connectivity index (χ0v) is 11.3. The maximum Gasteiger partial charge on any atom is 0.573 e. The minimum atomic E-state index is -4.84. The van der Waals surface area contributed by atoms with Crippen molar-refractivity contribution < 1.29 is 31.8 Å². The summed E-state index contributed by atoms with van der Waals surface area (Å²) in [6.45, 7) is 0. The summed E-state index contributed by atoms with van der Waals surface area (Å²) >= 11 is 0. The number of carbonyl (C=O) groups is 1. The van der Waals surface area contributed by atoms with Crippen molar-refractivity contribution in [3.63, 3.8) is 0 Å². The highest BCUT2D eigenvalue weighted by Crippen LogP contribution is 2.31. The molecule has 0 spiro atoms. The van der Waals surface area contributed by atoms with Crippen LogP contribution in [0.25, 0.3) is 11.1 Å². The molecule has 116 valence electrons. The molecule has 0 aliphatic heterocycles. The molecule has 3 nitrogen and oxygen atoms in total. The van der Waals surface area contributed by atoms with E-state index in [-0.39, 0.29) is 16.7 Å². The second kappa shape index (κ2) is 6.05. The van der Waals surface area contributed by atoms with E-state index in [2.05, 4.69) is 9.47 Å². The van der Waals surface area contributed by atoms with Gasteiger partial charge in [-0.05, 0) is 29.3 Å². The Balaban J connectivity index is 2.51. The summed E-state index contributed by atoms with van der Waals surface area (Å²) in [5.41, 5.74) is -0.0460. The molecule has 0 unspecified atom stereocenters. The van der Waals surface area contributed by atoms with Crippen LogP contribution < -0.4 is 4.74 Å². The van der Waals surface area contributed by atoms with Gasteiger partial charge in [0.2, 0.25) is 0 Å². The van der Waals surface area contributed by atoms with Crippen LogP contribution in [0.2, 0.25) is 0 Å². The standard InChI is InChI=1S/C15H10F4O3/c1-21-14(20)13-11(6-3-7-12(13)16)9-4-2-5-10(8-9)22-15(17,18)19/h2-8H,1H3. The first-order chi connectivity index (χ1) is 10.3. The number of alkyl halides is 3. The van der Waals surface area contributed by atoms with Crippen LogP contribution in [0.15, 0.2) is 42.5 Å². The highest BCUT2D eigenvalue weighted by molar-refractivity contribution is 5.97. The van der Waals surface area contributed by atoms with Crippen LogP contribution in [-0.2, 0) is 4.74 Å². The maximum absolute atomic E-state index is 13.8. The lowest BCUT2D eigenvalue weighted by atomic mass is 9.99. The van der Waals surface area contributed by atoms with Gasteiger partial charge in [-0.3, -0.25) is 0 Å². The predicted octanol–water partition coefficient (Wildman–Crippen LogP) is 4.18. The van der Waals surface area contributed by atoms with E-state index in [0.29, 0.717) is 0 Å². The SMILES string of the molecule is COC(=O)c1c(F)cccc1-c1cccc(OC(F)(F)F)c1. The summed E-state index contributed by atoms with van der Waals surface area (Å²) in [6.07, 6.45) is -4.84. The molecular formula is C15H10F4O3. The minimum Gasteiger partial charge on any atom is -0.465 e. The Morgan fingerprint density at radius 3 is 2.41 bits per heavy atom. The van der Waals surface area contributed by atoms with Crippen molar-refractivity contribution in [1.82, 2.24) is 0 Å². The zero-order valence-electron chi connectivity index (χ0n) is 11.3. The molecule has 0 saturated carbocycles. The summed E-state index contributed by atoms with van der Waals surface area (Å²) in [6, 6.07) is 8.72. The third-order valence-corrected chi connectivity index (χ3v) is 2.78. The van der Waals surface area contributed by atoms with Crippen LogP contribution in [0.5, 0.6) is 5.75 Å². The van der Waals surface area contributed by atoms with E-state index in [1.807, 2.05) is 0 Å². The molecule has 2 aromatic rings. The van der Waals surface area contributed by atoms with Crippen LogP contribution in [0.1, 0.15) is 10.4 Å².